The van der Waals surface area contributed by atoms with E-state index in [9.17, 15) is 13.2 Å². The Bertz CT molecular complexity index is 708. The Hall–Kier alpha value is -2.51. The van der Waals surface area contributed by atoms with Gasteiger partial charge in [0.15, 0.2) is 0 Å². The molecular formula is C17H20F3N3O2. The number of ether oxygens (including phenoxy) is 2. The summed E-state index contributed by atoms with van der Waals surface area (Å²) in [5.74, 6) is 0.163. The highest BCUT2D eigenvalue weighted by Crippen LogP contribution is 2.36. The van der Waals surface area contributed by atoms with Crippen LogP contribution in [0.25, 0.3) is 0 Å². The Balaban J connectivity index is 2.29. The quantitative estimate of drug-likeness (QED) is 0.772. The second-order valence-corrected chi connectivity index (χ2v) is 5.33. The molecule has 0 spiro atoms. The Morgan fingerprint density at radius 2 is 2.00 bits per heavy atom. The summed E-state index contributed by atoms with van der Waals surface area (Å²) in [5, 5.41) is 2.86. The molecule has 0 amide bonds. The third-order valence-electron chi connectivity index (χ3n) is 3.35. The number of hydrogen-bond donors (Lipinski definition) is 1. The van der Waals surface area contributed by atoms with Crippen molar-refractivity contribution in [1.82, 2.24) is 9.97 Å². The van der Waals surface area contributed by atoms with Crippen LogP contribution in [0.2, 0.25) is 0 Å². The molecule has 136 valence electrons. The molecule has 2 aromatic rings. The van der Waals surface area contributed by atoms with Gasteiger partial charge in [-0.25, -0.2) is 4.98 Å². The summed E-state index contributed by atoms with van der Waals surface area (Å²) in [6.45, 7) is 5.86. The normalized spacial score (nSPS) is 12.6. The summed E-state index contributed by atoms with van der Waals surface area (Å²) in [5.41, 5.74) is -0.401. The van der Waals surface area contributed by atoms with Crippen molar-refractivity contribution in [3.8, 4) is 11.6 Å². The number of nitrogens with one attached hydrogen (secondary N) is 1. The predicted molar refractivity (Wildman–Crippen MR) is 88.3 cm³/mol. The van der Waals surface area contributed by atoms with E-state index in [0.29, 0.717) is 24.5 Å². The number of nitrogens with zero attached hydrogens (tertiary/aromatic N) is 2. The highest BCUT2D eigenvalue weighted by molar-refractivity contribution is 5.56. The lowest BCUT2D eigenvalue weighted by Gasteiger charge is -2.17. The second-order valence-electron chi connectivity index (χ2n) is 5.33. The smallest absolute Gasteiger partial charge is 0.423 e. The summed E-state index contributed by atoms with van der Waals surface area (Å²) >= 11 is 0. The molecular weight excluding hydrogens is 335 g/mol. The van der Waals surface area contributed by atoms with Gasteiger partial charge < -0.3 is 14.8 Å². The number of alkyl halides is 3. The van der Waals surface area contributed by atoms with Crippen LogP contribution >= 0.6 is 0 Å². The molecule has 8 heteroatoms. The van der Waals surface area contributed by atoms with Gasteiger partial charge in [0.1, 0.15) is 11.3 Å². The summed E-state index contributed by atoms with van der Waals surface area (Å²) < 4.78 is 50.0. The minimum absolute atomic E-state index is 0.0138. The van der Waals surface area contributed by atoms with Crippen molar-refractivity contribution in [3.05, 3.63) is 36.0 Å². The molecule has 1 atom stereocenters. The average molecular weight is 355 g/mol. The van der Waals surface area contributed by atoms with E-state index in [0.717, 1.165) is 6.20 Å². The molecule has 1 aromatic heterocycles. The topological polar surface area (TPSA) is 56.3 Å². The van der Waals surface area contributed by atoms with Crippen LogP contribution in [0, 0.1) is 0 Å². The van der Waals surface area contributed by atoms with Gasteiger partial charge in [0.25, 0.3) is 0 Å². The lowest BCUT2D eigenvalue weighted by molar-refractivity contribution is -0.139. The monoisotopic (exact) mass is 355 g/mol. The standard InChI is InChI=1S/C17H20F3N3O2/c1-4-11(3)25-15-14(17(18,19)20)10-21-16(23-15)22-12-7-6-8-13(9-12)24-5-2/h6-11H,4-5H2,1-3H3,(H,21,22,23). The van der Waals surface area contributed by atoms with Crippen molar-refractivity contribution < 1.29 is 22.6 Å². The van der Waals surface area contributed by atoms with Crippen LogP contribution in [0.1, 0.15) is 32.8 Å². The van der Waals surface area contributed by atoms with E-state index in [4.69, 9.17) is 9.47 Å². The molecule has 1 N–H and O–H groups in total. The highest BCUT2D eigenvalue weighted by atomic mass is 19.4. The third kappa shape index (κ3) is 5.23. The van der Waals surface area contributed by atoms with Gasteiger partial charge in [-0.2, -0.15) is 18.2 Å². The van der Waals surface area contributed by atoms with Gasteiger partial charge in [0.2, 0.25) is 11.8 Å². The highest BCUT2D eigenvalue weighted by Gasteiger charge is 2.36. The van der Waals surface area contributed by atoms with E-state index in [-0.39, 0.29) is 5.95 Å². The van der Waals surface area contributed by atoms with Gasteiger partial charge >= 0.3 is 6.18 Å². The Morgan fingerprint density at radius 3 is 2.64 bits per heavy atom. The van der Waals surface area contributed by atoms with Crippen LogP contribution in [0.3, 0.4) is 0 Å². The second kappa shape index (κ2) is 8.04. The van der Waals surface area contributed by atoms with E-state index >= 15 is 0 Å². The molecule has 0 fully saturated rings. The molecule has 2 rings (SSSR count). The molecule has 1 unspecified atom stereocenters. The Labute approximate surface area is 144 Å². The number of benzene rings is 1. The first-order chi connectivity index (χ1) is 11.8. The molecule has 1 heterocycles. The van der Waals surface area contributed by atoms with Gasteiger partial charge in [-0.05, 0) is 32.4 Å². The largest absolute Gasteiger partial charge is 0.494 e. The van der Waals surface area contributed by atoms with Crippen LogP contribution < -0.4 is 14.8 Å². The van der Waals surface area contributed by atoms with E-state index in [1.165, 1.54) is 0 Å². The van der Waals surface area contributed by atoms with Crippen molar-refractivity contribution in [2.24, 2.45) is 0 Å². The third-order valence-corrected chi connectivity index (χ3v) is 3.35. The summed E-state index contributed by atoms with van der Waals surface area (Å²) in [6, 6.07) is 6.98. The van der Waals surface area contributed by atoms with Crippen molar-refractivity contribution in [2.75, 3.05) is 11.9 Å². The zero-order valence-electron chi connectivity index (χ0n) is 14.2. The van der Waals surface area contributed by atoms with Gasteiger partial charge in [-0.15, -0.1) is 0 Å². The maximum absolute atomic E-state index is 13.1. The van der Waals surface area contributed by atoms with Crippen molar-refractivity contribution in [2.45, 2.75) is 39.5 Å². The minimum Gasteiger partial charge on any atom is -0.494 e. The molecule has 0 aliphatic carbocycles. The summed E-state index contributed by atoms with van der Waals surface area (Å²) in [4.78, 5) is 7.64. The SMILES string of the molecule is CCOc1cccc(Nc2ncc(C(F)(F)F)c(OC(C)CC)n2)c1. The van der Waals surface area contributed by atoms with E-state index in [2.05, 4.69) is 15.3 Å². The molecule has 0 saturated heterocycles. The van der Waals surface area contributed by atoms with Gasteiger partial charge in [-0.3, -0.25) is 0 Å². The molecule has 25 heavy (non-hydrogen) atoms. The molecule has 1 aromatic carbocycles. The first kappa shape index (κ1) is 18.8. The number of anilines is 2. The number of halogens is 3. The molecule has 0 saturated carbocycles. The number of hydrogen-bond acceptors (Lipinski definition) is 5. The van der Waals surface area contributed by atoms with Crippen LogP contribution in [0.5, 0.6) is 11.6 Å². The van der Waals surface area contributed by atoms with Crippen LogP contribution in [0.4, 0.5) is 24.8 Å². The van der Waals surface area contributed by atoms with Crippen molar-refractivity contribution >= 4 is 11.6 Å². The molecule has 0 radical (unpaired) electrons. The minimum atomic E-state index is -4.59. The lowest BCUT2D eigenvalue weighted by atomic mass is 10.3. The van der Waals surface area contributed by atoms with E-state index < -0.39 is 23.7 Å². The molecule has 0 aliphatic heterocycles. The van der Waals surface area contributed by atoms with Gasteiger partial charge in [-0.1, -0.05) is 13.0 Å². The lowest BCUT2D eigenvalue weighted by Crippen LogP contribution is -2.17. The Kier molecular flexibility index (Phi) is 6.06. The van der Waals surface area contributed by atoms with Crippen molar-refractivity contribution in [1.29, 1.82) is 0 Å². The average Bonchev–Trinajstić information content (AvgIpc) is 2.54. The van der Waals surface area contributed by atoms with Crippen LogP contribution in [-0.4, -0.2) is 22.7 Å². The fourth-order valence-electron chi connectivity index (χ4n) is 1.94. The fraction of sp³-hybridized carbons (Fsp3) is 0.412. The van der Waals surface area contributed by atoms with Gasteiger partial charge in [0, 0.05) is 18.0 Å². The maximum Gasteiger partial charge on any atom is 0.423 e. The fourth-order valence-corrected chi connectivity index (χ4v) is 1.94. The summed E-state index contributed by atoms with van der Waals surface area (Å²) in [7, 11) is 0. The summed E-state index contributed by atoms with van der Waals surface area (Å²) in [6.07, 6.45) is -3.71. The van der Waals surface area contributed by atoms with Crippen molar-refractivity contribution in [3.63, 3.8) is 0 Å². The first-order valence-corrected chi connectivity index (χ1v) is 7.94. The van der Waals surface area contributed by atoms with E-state index in [1.807, 2.05) is 13.8 Å². The van der Waals surface area contributed by atoms with Gasteiger partial charge in [0.05, 0.1) is 12.7 Å². The van der Waals surface area contributed by atoms with Crippen LogP contribution in [0.15, 0.2) is 30.5 Å². The molecule has 0 bridgehead atoms. The molecule has 5 nitrogen and oxygen atoms in total. The Morgan fingerprint density at radius 1 is 1.24 bits per heavy atom. The zero-order chi connectivity index (χ0) is 18.4. The number of aromatic nitrogens is 2. The first-order valence-electron chi connectivity index (χ1n) is 7.94. The number of rotatable bonds is 7. The van der Waals surface area contributed by atoms with Crippen LogP contribution in [-0.2, 0) is 6.18 Å². The van der Waals surface area contributed by atoms with E-state index in [1.54, 1.807) is 31.2 Å². The maximum atomic E-state index is 13.1. The zero-order valence-corrected chi connectivity index (χ0v) is 14.2. The molecule has 0 aliphatic rings. The predicted octanol–water partition coefficient (Wildman–Crippen LogP) is 4.82.